The lowest BCUT2D eigenvalue weighted by Gasteiger charge is -2.26. The molecule has 0 aromatic carbocycles. The fourth-order valence-corrected chi connectivity index (χ4v) is 2.21. The molecule has 0 amide bonds. The van der Waals surface area contributed by atoms with Gasteiger partial charge < -0.3 is 0 Å². The third-order valence-corrected chi connectivity index (χ3v) is 2.84. The largest absolute Gasteiger partial charge is 0.299 e. The maximum atomic E-state index is 13.3. The van der Waals surface area contributed by atoms with Crippen LogP contribution in [0, 0.1) is 11.7 Å². The molecule has 2 rings (SSSR count). The molecule has 0 unspecified atom stereocenters. The van der Waals surface area contributed by atoms with E-state index in [1.165, 1.54) is 12.3 Å². The summed E-state index contributed by atoms with van der Waals surface area (Å²) in [6, 6.07) is 3.15. The summed E-state index contributed by atoms with van der Waals surface area (Å²) in [5, 5.41) is 8.25. The molecule has 0 fully saturated rings. The average Bonchev–Trinajstić information content (AvgIpc) is 2.60. The van der Waals surface area contributed by atoms with E-state index in [0.29, 0.717) is 11.6 Å². The Hall–Kier alpha value is -1.49. The van der Waals surface area contributed by atoms with Gasteiger partial charge in [-0.3, -0.25) is 9.30 Å². The summed E-state index contributed by atoms with van der Waals surface area (Å²) in [5.74, 6) is 0.875. The first-order valence-corrected chi connectivity index (χ1v) is 5.67. The zero-order valence-corrected chi connectivity index (χ0v) is 10.6. The molecule has 2 aromatic heterocycles. The first-order chi connectivity index (χ1) is 8.00. The van der Waals surface area contributed by atoms with Crippen molar-refractivity contribution in [2.24, 2.45) is 5.92 Å². The number of halogens is 1. The van der Waals surface area contributed by atoms with Gasteiger partial charge in [0.05, 0.1) is 6.04 Å². The third kappa shape index (κ3) is 2.15. The average molecular weight is 236 g/mol. The molecule has 0 aliphatic rings. The van der Waals surface area contributed by atoms with Gasteiger partial charge in [0.1, 0.15) is 5.82 Å². The SMILES string of the molecule is CC(C)[C@@H](c1nnc2ccc(F)cn12)N(C)C. The van der Waals surface area contributed by atoms with Crippen molar-refractivity contribution in [3.05, 3.63) is 30.0 Å². The van der Waals surface area contributed by atoms with E-state index in [1.54, 1.807) is 10.5 Å². The van der Waals surface area contributed by atoms with Gasteiger partial charge in [0.15, 0.2) is 11.5 Å². The van der Waals surface area contributed by atoms with Crippen LogP contribution in [0.2, 0.25) is 0 Å². The molecule has 0 saturated heterocycles. The minimum atomic E-state index is -0.278. The van der Waals surface area contributed by atoms with Gasteiger partial charge in [0, 0.05) is 6.20 Å². The van der Waals surface area contributed by atoms with Crippen LogP contribution in [0.3, 0.4) is 0 Å². The highest BCUT2D eigenvalue weighted by Crippen LogP contribution is 2.25. The van der Waals surface area contributed by atoms with Crippen LogP contribution in [-0.4, -0.2) is 33.6 Å². The molecule has 4 nitrogen and oxygen atoms in total. The molecule has 2 aromatic rings. The quantitative estimate of drug-likeness (QED) is 0.818. The van der Waals surface area contributed by atoms with Crippen LogP contribution in [0.1, 0.15) is 25.7 Å². The maximum Gasteiger partial charge on any atom is 0.160 e. The molecular weight excluding hydrogens is 219 g/mol. The molecule has 0 N–H and O–H groups in total. The van der Waals surface area contributed by atoms with Gasteiger partial charge in [-0.05, 0) is 32.1 Å². The lowest BCUT2D eigenvalue weighted by molar-refractivity contribution is 0.223. The first kappa shape index (κ1) is 12.0. The summed E-state index contributed by atoms with van der Waals surface area (Å²) in [5.41, 5.74) is 0.675. The normalized spacial score (nSPS) is 13.8. The van der Waals surface area contributed by atoms with E-state index >= 15 is 0 Å². The van der Waals surface area contributed by atoms with E-state index in [9.17, 15) is 4.39 Å². The molecule has 2 heterocycles. The standard InChI is InChI=1S/C12H17FN4/c1-8(2)11(16(3)4)12-15-14-10-6-5-9(13)7-17(10)12/h5-8,11H,1-4H3/t11-/m0/s1. The van der Waals surface area contributed by atoms with E-state index in [2.05, 4.69) is 28.9 Å². The number of hydrogen-bond donors (Lipinski definition) is 0. The number of rotatable bonds is 3. The molecule has 0 bridgehead atoms. The Morgan fingerprint density at radius 2 is 1.94 bits per heavy atom. The Labute approximate surface area is 100 Å². The Kier molecular flexibility index (Phi) is 3.11. The smallest absolute Gasteiger partial charge is 0.160 e. The molecule has 1 atom stereocenters. The number of fused-ring (bicyclic) bond motifs is 1. The van der Waals surface area contributed by atoms with E-state index in [0.717, 1.165) is 5.82 Å². The van der Waals surface area contributed by atoms with Crippen LogP contribution in [0.5, 0.6) is 0 Å². The van der Waals surface area contributed by atoms with Crippen molar-refractivity contribution in [1.29, 1.82) is 0 Å². The fraction of sp³-hybridized carbons (Fsp3) is 0.500. The Morgan fingerprint density at radius 3 is 2.53 bits per heavy atom. The summed E-state index contributed by atoms with van der Waals surface area (Å²) >= 11 is 0. The fourth-order valence-electron chi connectivity index (χ4n) is 2.21. The van der Waals surface area contributed by atoms with E-state index < -0.39 is 0 Å². The van der Waals surface area contributed by atoms with Crippen molar-refractivity contribution in [1.82, 2.24) is 19.5 Å². The predicted molar refractivity (Wildman–Crippen MR) is 64.2 cm³/mol. The van der Waals surface area contributed by atoms with Crippen LogP contribution in [0.4, 0.5) is 4.39 Å². The highest BCUT2D eigenvalue weighted by atomic mass is 19.1. The van der Waals surface area contributed by atoms with Crippen LogP contribution in [-0.2, 0) is 0 Å². The second kappa shape index (κ2) is 4.41. The van der Waals surface area contributed by atoms with Gasteiger partial charge >= 0.3 is 0 Å². The summed E-state index contributed by atoms with van der Waals surface area (Å²) in [7, 11) is 3.98. The number of aromatic nitrogens is 3. The van der Waals surface area contributed by atoms with Crippen molar-refractivity contribution in [3.8, 4) is 0 Å². The second-order valence-corrected chi connectivity index (χ2v) is 4.79. The Balaban J connectivity index is 2.57. The second-order valence-electron chi connectivity index (χ2n) is 4.79. The van der Waals surface area contributed by atoms with Crippen molar-refractivity contribution < 1.29 is 4.39 Å². The lowest BCUT2D eigenvalue weighted by atomic mass is 10.0. The summed E-state index contributed by atoms with van der Waals surface area (Å²) in [6.45, 7) is 4.23. The molecule has 5 heteroatoms. The topological polar surface area (TPSA) is 33.4 Å². The molecule has 92 valence electrons. The molecule has 0 radical (unpaired) electrons. The van der Waals surface area contributed by atoms with Gasteiger partial charge in [-0.15, -0.1) is 10.2 Å². The van der Waals surface area contributed by atoms with Gasteiger partial charge in [-0.25, -0.2) is 4.39 Å². The lowest BCUT2D eigenvalue weighted by Crippen LogP contribution is -2.26. The van der Waals surface area contributed by atoms with Crippen LogP contribution < -0.4 is 0 Å². The molecule has 17 heavy (non-hydrogen) atoms. The third-order valence-electron chi connectivity index (χ3n) is 2.84. The van der Waals surface area contributed by atoms with Crippen molar-refractivity contribution in [3.63, 3.8) is 0 Å². The number of pyridine rings is 1. The minimum absolute atomic E-state index is 0.117. The number of nitrogens with zero attached hydrogens (tertiary/aromatic N) is 4. The van der Waals surface area contributed by atoms with Crippen LogP contribution >= 0.6 is 0 Å². The Morgan fingerprint density at radius 1 is 1.24 bits per heavy atom. The zero-order valence-electron chi connectivity index (χ0n) is 10.6. The highest BCUT2D eigenvalue weighted by molar-refractivity contribution is 5.38. The monoisotopic (exact) mass is 236 g/mol. The van der Waals surface area contributed by atoms with Gasteiger partial charge in [-0.1, -0.05) is 13.8 Å². The minimum Gasteiger partial charge on any atom is -0.299 e. The summed E-state index contributed by atoms with van der Waals surface area (Å²) in [4.78, 5) is 2.08. The zero-order chi connectivity index (χ0) is 12.6. The first-order valence-electron chi connectivity index (χ1n) is 5.67. The van der Waals surface area contributed by atoms with E-state index in [-0.39, 0.29) is 11.9 Å². The highest BCUT2D eigenvalue weighted by Gasteiger charge is 2.23. The molecule has 0 spiro atoms. The molecule has 0 aliphatic carbocycles. The van der Waals surface area contributed by atoms with Crippen molar-refractivity contribution in [2.45, 2.75) is 19.9 Å². The molecular formula is C12H17FN4. The van der Waals surface area contributed by atoms with Crippen molar-refractivity contribution >= 4 is 5.65 Å². The van der Waals surface area contributed by atoms with E-state index in [1.807, 2.05) is 14.1 Å². The van der Waals surface area contributed by atoms with Crippen LogP contribution in [0.25, 0.3) is 5.65 Å². The summed E-state index contributed by atoms with van der Waals surface area (Å²) in [6.07, 6.45) is 1.43. The van der Waals surface area contributed by atoms with Gasteiger partial charge in [0.2, 0.25) is 0 Å². The van der Waals surface area contributed by atoms with Crippen molar-refractivity contribution in [2.75, 3.05) is 14.1 Å². The number of hydrogen-bond acceptors (Lipinski definition) is 3. The summed E-state index contributed by atoms with van der Waals surface area (Å²) < 4.78 is 15.0. The molecule has 0 aliphatic heterocycles. The van der Waals surface area contributed by atoms with E-state index in [4.69, 9.17) is 0 Å². The maximum absolute atomic E-state index is 13.3. The van der Waals surface area contributed by atoms with Crippen LogP contribution in [0.15, 0.2) is 18.3 Å². The van der Waals surface area contributed by atoms with Gasteiger partial charge in [0.25, 0.3) is 0 Å². The van der Waals surface area contributed by atoms with Gasteiger partial charge in [-0.2, -0.15) is 0 Å². The Bertz CT molecular complexity index is 510. The predicted octanol–water partition coefficient (Wildman–Crippen LogP) is 2.13. The molecule has 0 saturated carbocycles.